The second-order valence-electron chi connectivity index (χ2n) is 7.03. The van der Waals surface area contributed by atoms with E-state index < -0.39 is 5.25 Å². The Hall–Kier alpha value is -3.53. The van der Waals surface area contributed by atoms with Crippen LogP contribution in [-0.4, -0.2) is 39.6 Å². The monoisotopic (exact) mass is 470 g/mol. The Morgan fingerprint density at radius 2 is 1.97 bits per heavy atom. The van der Waals surface area contributed by atoms with Crippen molar-refractivity contribution in [3.8, 4) is 17.4 Å². The number of hydrogen-bond acceptors (Lipinski definition) is 8. The van der Waals surface area contributed by atoms with Crippen molar-refractivity contribution in [1.82, 2.24) is 15.5 Å². The minimum absolute atomic E-state index is 0.148. The van der Waals surface area contributed by atoms with E-state index in [1.54, 1.807) is 32.2 Å². The van der Waals surface area contributed by atoms with Crippen molar-refractivity contribution in [3.05, 3.63) is 60.0 Å². The van der Waals surface area contributed by atoms with Gasteiger partial charge >= 0.3 is 0 Å². The highest BCUT2D eigenvalue weighted by Crippen LogP contribution is 2.30. The molecule has 2 N–H and O–H groups in total. The molecule has 0 radical (unpaired) electrons. The normalized spacial score (nSPS) is 11.5. The van der Waals surface area contributed by atoms with E-state index in [2.05, 4.69) is 20.8 Å². The Balaban J connectivity index is 1.41. The molecular formula is C23H26N4O5S. The SMILES string of the molecule is CCOc1ccccc1Oc1ccc(CNC(=O)CSC(C)C(=O)Nc2cc(C)on2)cn1. The van der Waals surface area contributed by atoms with E-state index in [0.29, 0.717) is 42.1 Å². The molecule has 0 aliphatic heterocycles. The number of amides is 2. The maximum atomic E-state index is 12.2. The van der Waals surface area contributed by atoms with E-state index in [1.165, 1.54) is 11.8 Å². The summed E-state index contributed by atoms with van der Waals surface area (Å²) in [4.78, 5) is 28.6. The van der Waals surface area contributed by atoms with Gasteiger partial charge in [0.15, 0.2) is 17.3 Å². The zero-order valence-electron chi connectivity index (χ0n) is 18.7. The van der Waals surface area contributed by atoms with Crippen LogP contribution in [0.5, 0.6) is 17.4 Å². The highest BCUT2D eigenvalue weighted by Gasteiger charge is 2.17. The lowest BCUT2D eigenvalue weighted by Crippen LogP contribution is -2.28. The molecule has 3 rings (SSSR count). The molecule has 0 aliphatic carbocycles. The van der Waals surface area contributed by atoms with Gasteiger partial charge in [0.1, 0.15) is 5.76 Å². The third kappa shape index (κ3) is 7.53. The van der Waals surface area contributed by atoms with Crippen LogP contribution in [0.1, 0.15) is 25.2 Å². The predicted molar refractivity (Wildman–Crippen MR) is 126 cm³/mol. The van der Waals surface area contributed by atoms with Crippen LogP contribution in [0.25, 0.3) is 0 Å². The van der Waals surface area contributed by atoms with Crippen LogP contribution < -0.4 is 20.1 Å². The fourth-order valence-corrected chi connectivity index (χ4v) is 3.39. The number of hydrogen-bond donors (Lipinski definition) is 2. The number of benzene rings is 1. The van der Waals surface area contributed by atoms with Crippen LogP contribution in [0.2, 0.25) is 0 Å². The summed E-state index contributed by atoms with van der Waals surface area (Å²) in [7, 11) is 0. The van der Waals surface area contributed by atoms with Gasteiger partial charge in [-0.3, -0.25) is 9.59 Å². The molecule has 0 aliphatic rings. The highest BCUT2D eigenvalue weighted by molar-refractivity contribution is 8.01. The number of rotatable bonds is 11. The van der Waals surface area contributed by atoms with Gasteiger partial charge in [-0.05, 0) is 38.5 Å². The Morgan fingerprint density at radius 1 is 1.18 bits per heavy atom. The molecule has 3 aromatic rings. The molecule has 9 nitrogen and oxygen atoms in total. The van der Waals surface area contributed by atoms with E-state index in [-0.39, 0.29) is 17.6 Å². The van der Waals surface area contributed by atoms with Gasteiger partial charge in [0.05, 0.1) is 17.6 Å². The molecular weight excluding hydrogens is 444 g/mol. The highest BCUT2D eigenvalue weighted by atomic mass is 32.2. The summed E-state index contributed by atoms with van der Waals surface area (Å²) in [5, 5.41) is 8.77. The number of carbonyl (C=O) groups excluding carboxylic acids is 2. The van der Waals surface area contributed by atoms with Crippen LogP contribution in [0.15, 0.2) is 53.2 Å². The number of nitrogens with zero attached hydrogens (tertiary/aromatic N) is 2. The minimum Gasteiger partial charge on any atom is -0.490 e. The van der Waals surface area contributed by atoms with Crippen LogP contribution in [0.3, 0.4) is 0 Å². The predicted octanol–water partition coefficient (Wildman–Crippen LogP) is 3.95. The first kappa shape index (κ1) is 24.1. The van der Waals surface area contributed by atoms with Gasteiger partial charge in [0.2, 0.25) is 17.7 Å². The molecule has 0 spiro atoms. The third-order valence-electron chi connectivity index (χ3n) is 4.36. The Labute approximate surface area is 196 Å². The molecule has 1 atom stereocenters. The number of thioether (sulfide) groups is 1. The molecule has 1 aromatic carbocycles. The van der Waals surface area contributed by atoms with Crippen LogP contribution >= 0.6 is 11.8 Å². The van der Waals surface area contributed by atoms with Crippen molar-refractivity contribution in [2.24, 2.45) is 0 Å². The second kappa shape index (κ2) is 11.9. The summed E-state index contributed by atoms with van der Waals surface area (Å²) in [5.41, 5.74) is 0.825. The fraction of sp³-hybridized carbons (Fsp3) is 0.304. The average Bonchev–Trinajstić information content (AvgIpc) is 3.22. The summed E-state index contributed by atoms with van der Waals surface area (Å²) in [6.07, 6.45) is 1.64. The molecule has 0 bridgehead atoms. The van der Waals surface area contributed by atoms with Crippen LogP contribution in [0.4, 0.5) is 5.82 Å². The Bertz CT molecular complexity index is 1070. The lowest BCUT2D eigenvalue weighted by atomic mass is 10.3. The van der Waals surface area contributed by atoms with Crippen molar-refractivity contribution in [1.29, 1.82) is 0 Å². The molecule has 0 saturated carbocycles. The number of para-hydroxylation sites is 2. The van der Waals surface area contributed by atoms with E-state index in [0.717, 1.165) is 5.56 Å². The second-order valence-corrected chi connectivity index (χ2v) is 8.36. The molecule has 1 unspecified atom stereocenters. The molecule has 2 heterocycles. The summed E-state index contributed by atoms with van der Waals surface area (Å²) in [5.74, 6) is 2.35. The van der Waals surface area contributed by atoms with Gasteiger partial charge < -0.3 is 24.6 Å². The van der Waals surface area contributed by atoms with Gasteiger partial charge in [-0.25, -0.2) is 4.98 Å². The minimum atomic E-state index is -0.426. The number of nitrogens with one attached hydrogen (secondary N) is 2. The maximum absolute atomic E-state index is 12.2. The summed E-state index contributed by atoms with van der Waals surface area (Å²) < 4.78 is 16.3. The number of pyridine rings is 1. The fourth-order valence-electron chi connectivity index (χ4n) is 2.68. The summed E-state index contributed by atoms with van der Waals surface area (Å²) >= 11 is 1.23. The Morgan fingerprint density at radius 3 is 2.64 bits per heavy atom. The van der Waals surface area contributed by atoms with Crippen molar-refractivity contribution in [3.63, 3.8) is 0 Å². The van der Waals surface area contributed by atoms with Gasteiger partial charge in [-0.15, -0.1) is 11.8 Å². The van der Waals surface area contributed by atoms with Gasteiger partial charge in [-0.1, -0.05) is 23.4 Å². The molecule has 33 heavy (non-hydrogen) atoms. The van der Waals surface area contributed by atoms with Gasteiger partial charge in [0.25, 0.3) is 0 Å². The lowest BCUT2D eigenvalue weighted by Gasteiger charge is -2.11. The van der Waals surface area contributed by atoms with E-state index in [1.807, 2.05) is 37.3 Å². The van der Waals surface area contributed by atoms with Crippen molar-refractivity contribution >= 4 is 29.4 Å². The lowest BCUT2D eigenvalue weighted by molar-refractivity contribution is -0.118. The zero-order valence-corrected chi connectivity index (χ0v) is 19.5. The van der Waals surface area contributed by atoms with E-state index in [4.69, 9.17) is 14.0 Å². The standard InChI is InChI=1S/C23H26N4O5S/c1-4-30-18-7-5-6-8-19(18)31-22-10-9-17(13-25-22)12-24-21(28)14-33-16(3)23(29)26-20-11-15(2)32-27-20/h5-11,13,16H,4,12,14H2,1-3H3,(H,24,28)(H,26,27,29). The largest absolute Gasteiger partial charge is 0.490 e. The number of aryl methyl sites for hydroxylation is 1. The molecule has 10 heteroatoms. The third-order valence-corrected chi connectivity index (χ3v) is 5.51. The van der Waals surface area contributed by atoms with Gasteiger partial charge in [0, 0.05) is 24.9 Å². The first-order valence-electron chi connectivity index (χ1n) is 10.4. The van der Waals surface area contributed by atoms with Crippen molar-refractivity contribution in [2.45, 2.75) is 32.6 Å². The van der Waals surface area contributed by atoms with Crippen LogP contribution in [0, 0.1) is 6.92 Å². The van der Waals surface area contributed by atoms with Gasteiger partial charge in [-0.2, -0.15) is 0 Å². The number of aromatic nitrogens is 2. The maximum Gasteiger partial charge on any atom is 0.238 e. The van der Waals surface area contributed by atoms with Crippen molar-refractivity contribution in [2.75, 3.05) is 17.7 Å². The number of carbonyl (C=O) groups is 2. The summed E-state index contributed by atoms with van der Waals surface area (Å²) in [6.45, 7) is 6.23. The first-order chi connectivity index (χ1) is 15.9. The van der Waals surface area contributed by atoms with Crippen molar-refractivity contribution < 1.29 is 23.6 Å². The molecule has 0 saturated heterocycles. The number of ether oxygens (including phenoxy) is 2. The molecule has 2 aromatic heterocycles. The zero-order chi connectivity index (χ0) is 23.6. The average molecular weight is 471 g/mol. The van der Waals surface area contributed by atoms with E-state index >= 15 is 0 Å². The quantitative estimate of drug-likeness (QED) is 0.433. The topological polar surface area (TPSA) is 116 Å². The molecule has 174 valence electrons. The number of anilines is 1. The summed E-state index contributed by atoms with van der Waals surface area (Å²) in [6, 6.07) is 12.6. The first-order valence-corrected chi connectivity index (χ1v) is 11.5. The molecule has 0 fully saturated rings. The van der Waals surface area contributed by atoms with E-state index in [9.17, 15) is 9.59 Å². The Kier molecular flexibility index (Phi) is 8.71. The smallest absolute Gasteiger partial charge is 0.238 e. The molecule has 2 amide bonds. The van der Waals surface area contributed by atoms with Crippen LogP contribution in [-0.2, 0) is 16.1 Å².